The van der Waals surface area contributed by atoms with Crippen molar-refractivity contribution in [3.8, 4) is 0 Å². The topological polar surface area (TPSA) is 15.0 Å². The molecule has 1 atom stereocenters. The molecule has 0 radical (unpaired) electrons. The summed E-state index contributed by atoms with van der Waals surface area (Å²) in [6, 6.07) is 0. The van der Waals surface area contributed by atoms with Crippen LogP contribution in [0.15, 0.2) is 0 Å². The van der Waals surface area contributed by atoms with Crippen molar-refractivity contribution in [3.05, 3.63) is 0 Å². The molecule has 1 unspecified atom stereocenters. The average molecular weight is 391 g/mol. The summed E-state index contributed by atoms with van der Waals surface area (Å²) < 4.78 is 2.31. The van der Waals surface area contributed by atoms with Crippen LogP contribution in [0.25, 0.3) is 0 Å². The second-order valence-electron chi connectivity index (χ2n) is 6.91. The van der Waals surface area contributed by atoms with Crippen molar-refractivity contribution in [2.45, 2.75) is 97.8 Å². The first kappa shape index (κ1) is 25.2. The average Bonchev–Trinajstić information content (AvgIpc) is 2.50. The summed E-state index contributed by atoms with van der Waals surface area (Å²) in [5.41, 5.74) is 0. The van der Waals surface area contributed by atoms with Crippen molar-refractivity contribution in [1.29, 1.82) is 0 Å². The third-order valence-electron chi connectivity index (χ3n) is 4.54. The molecule has 2 nitrogen and oxygen atoms in total. The lowest BCUT2D eigenvalue weighted by molar-refractivity contribution is -0.469. The lowest BCUT2D eigenvalue weighted by atomic mass is 9.92. The Bertz CT molecular complexity index is 273. The fraction of sp³-hybridized carbons (Fsp3) is 0.950. The van der Waals surface area contributed by atoms with E-state index >= 15 is 0 Å². The fourth-order valence-electron chi connectivity index (χ4n) is 3.26. The molecular weight excluding hydrogens is 348 g/mol. The lowest BCUT2D eigenvalue weighted by Gasteiger charge is -2.17. The number of nitrogens with one attached hydrogen (secondary N) is 1. The number of hydrogen-bond donors (Lipinski definition) is 1. The molecule has 0 spiro atoms. The second kappa shape index (κ2) is 18.3. The molecule has 140 valence electrons. The van der Waals surface area contributed by atoms with E-state index in [1.165, 1.54) is 82.9 Å². The van der Waals surface area contributed by atoms with E-state index in [-0.39, 0.29) is 17.0 Å². The molecule has 0 aliphatic heterocycles. The van der Waals surface area contributed by atoms with Gasteiger partial charge in [-0.15, -0.1) is 0 Å². The third kappa shape index (κ3) is 14.0. The summed E-state index contributed by atoms with van der Waals surface area (Å²) in [6.07, 6.45) is 16.6. The summed E-state index contributed by atoms with van der Waals surface area (Å²) in [6.45, 7) is 7.84. The Kier molecular flexibility index (Phi) is 20.0. The van der Waals surface area contributed by atoms with E-state index < -0.39 is 0 Å². The molecule has 0 aliphatic rings. The van der Waals surface area contributed by atoms with Crippen molar-refractivity contribution in [2.24, 2.45) is 5.92 Å². The molecule has 0 amide bonds. The highest BCUT2D eigenvalue weighted by atomic mass is 79.9. The summed E-state index contributed by atoms with van der Waals surface area (Å²) in [5.74, 6) is 2.20. The van der Waals surface area contributed by atoms with Crippen molar-refractivity contribution in [1.82, 2.24) is 5.32 Å². The van der Waals surface area contributed by atoms with Crippen LogP contribution < -0.4 is 22.3 Å². The minimum absolute atomic E-state index is 0. The Hall–Kier alpha value is -0.0500. The van der Waals surface area contributed by atoms with Gasteiger partial charge in [0.1, 0.15) is 0 Å². The quantitative estimate of drug-likeness (QED) is 0.208. The van der Waals surface area contributed by atoms with E-state index in [1.807, 2.05) is 0 Å². The van der Waals surface area contributed by atoms with Crippen LogP contribution in [0.3, 0.4) is 0 Å². The lowest BCUT2D eigenvalue weighted by Crippen LogP contribution is -3.00. The van der Waals surface area contributed by atoms with E-state index in [9.17, 15) is 0 Å². The van der Waals surface area contributed by atoms with Gasteiger partial charge in [-0.2, -0.15) is 0 Å². The second-order valence-corrected chi connectivity index (χ2v) is 6.91. The number of rotatable bonds is 14. The monoisotopic (exact) mass is 390 g/mol. The highest BCUT2D eigenvalue weighted by molar-refractivity contribution is 5.79. The first-order valence-corrected chi connectivity index (χ1v) is 9.95. The van der Waals surface area contributed by atoms with Gasteiger partial charge in [0.25, 0.3) is 0 Å². The van der Waals surface area contributed by atoms with Gasteiger partial charge in [0.2, 0.25) is 5.84 Å². The predicted octanol–water partition coefficient (Wildman–Crippen LogP) is 2.61. The van der Waals surface area contributed by atoms with Gasteiger partial charge in [-0.3, -0.25) is 9.89 Å². The SMILES string of the molecule is CCCCCCCCC(CCCCCC)C(NCC)=[N+](C)C.[Br-]. The van der Waals surface area contributed by atoms with Gasteiger partial charge in [-0.1, -0.05) is 78.1 Å². The fourth-order valence-corrected chi connectivity index (χ4v) is 3.26. The predicted molar refractivity (Wildman–Crippen MR) is 101 cm³/mol. The van der Waals surface area contributed by atoms with Crippen LogP contribution in [0.5, 0.6) is 0 Å². The van der Waals surface area contributed by atoms with Crippen molar-refractivity contribution >= 4 is 5.84 Å². The molecular formula is C20H43BrN2. The van der Waals surface area contributed by atoms with Crippen molar-refractivity contribution in [2.75, 3.05) is 20.6 Å². The Balaban J connectivity index is 0. The summed E-state index contributed by atoms with van der Waals surface area (Å²) in [4.78, 5) is 0. The van der Waals surface area contributed by atoms with Gasteiger partial charge in [0.05, 0.1) is 26.6 Å². The molecule has 0 heterocycles. The van der Waals surface area contributed by atoms with Gasteiger partial charge in [0, 0.05) is 0 Å². The first-order chi connectivity index (χ1) is 10.7. The maximum atomic E-state index is 3.63. The zero-order valence-corrected chi connectivity index (χ0v) is 18.2. The van der Waals surface area contributed by atoms with Gasteiger partial charge >= 0.3 is 0 Å². The number of amidine groups is 1. The largest absolute Gasteiger partial charge is 1.00 e. The molecule has 0 aromatic carbocycles. The highest BCUT2D eigenvalue weighted by Gasteiger charge is 2.21. The first-order valence-electron chi connectivity index (χ1n) is 9.95. The summed E-state index contributed by atoms with van der Waals surface area (Å²) in [5, 5.41) is 3.63. The Labute approximate surface area is 157 Å². The number of hydrogen-bond acceptors (Lipinski definition) is 0. The molecule has 0 rings (SSSR count). The number of nitrogens with zero attached hydrogens (tertiary/aromatic N) is 1. The molecule has 0 bridgehead atoms. The number of unbranched alkanes of at least 4 members (excludes halogenated alkanes) is 8. The molecule has 23 heavy (non-hydrogen) atoms. The molecule has 0 aromatic rings. The molecule has 3 heteroatoms. The van der Waals surface area contributed by atoms with Crippen LogP contribution in [0.4, 0.5) is 0 Å². The Morgan fingerprint density at radius 1 is 0.739 bits per heavy atom. The van der Waals surface area contributed by atoms with Crippen LogP contribution in [0, 0.1) is 5.92 Å². The third-order valence-corrected chi connectivity index (χ3v) is 4.54. The van der Waals surface area contributed by atoms with E-state index in [0.717, 1.165) is 12.5 Å². The van der Waals surface area contributed by atoms with Gasteiger partial charge in [0.15, 0.2) is 0 Å². The van der Waals surface area contributed by atoms with Crippen molar-refractivity contribution in [3.63, 3.8) is 0 Å². The van der Waals surface area contributed by atoms with Crippen LogP contribution >= 0.6 is 0 Å². The molecule has 0 saturated heterocycles. The maximum absolute atomic E-state index is 3.63. The summed E-state index contributed by atoms with van der Waals surface area (Å²) in [7, 11) is 4.39. The maximum Gasteiger partial charge on any atom is 0.247 e. The molecule has 0 aromatic heterocycles. The Morgan fingerprint density at radius 2 is 1.17 bits per heavy atom. The molecule has 0 aliphatic carbocycles. The van der Waals surface area contributed by atoms with E-state index in [1.54, 1.807) is 0 Å². The van der Waals surface area contributed by atoms with Gasteiger partial charge in [-0.25, -0.2) is 0 Å². The Morgan fingerprint density at radius 3 is 1.61 bits per heavy atom. The highest BCUT2D eigenvalue weighted by Crippen LogP contribution is 2.19. The van der Waals surface area contributed by atoms with Crippen LogP contribution in [-0.2, 0) is 0 Å². The van der Waals surface area contributed by atoms with Crippen LogP contribution in [0.1, 0.15) is 97.8 Å². The van der Waals surface area contributed by atoms with Crippen LogP contribution in [0.2, 0.25) is 0 Å². The smallest absolute Gasteiger partial charge is 0.247 e. The minimum atomic E-state index is 0. The van der Waals surface area contributed by atoms with Gasteiger partial charge < -0.3 is 17.0 Å². The van der Waals surface area contributed by atoms with Crippen LogP contribution in [-0.4, -0.2) is 31.1 Å². The standard InChI is InChI=1S/C20H42N2.BrH/c1-6-9-11-13-14-16-18-19(17-15-12-10-7-2)20(21-8-3)22(4)5;/h19H,6-18H2,1-5H3;1H. The van der Waals surface area contributed by atoms with E-state index in [4.69, 9.17) is 0 Å². The zero-order chi connectivity index (χ0) is 16.6. The van der Waals surface area contributed by atoms with E-state index in [2.05, 4.69) is 44.8 Å². The molecule has 0 saturated carbocycles. The minimum Gasteiger partial charge on any atom is -1.00 e. The zero-order valence-electron chi connectivity index (χ0n) is 16.6. The molecule has 1 N–H and O–H groups in total. The normalized spacial score (nSPS) is 11.7. The number of halogens is 1. The van der Waals surface area contributed by atoms with Crippen molar-refractivity contribution < 1.29 is 21.6 Å². The van der Waals surface area contributed by atoms with Gasteiger partial charge in [-0.05, 0) is 19.8 Å². The molecule has 0 fully saturated rings. The van der Waals surface area contributed by atoms with E-state index in [0.29, 0.717) is 0 Å². The summed E-state index contributed by atoms with van der Waals surface area (Å²) >= 11 is 0.